The van der Waals surface area contributed by atoms with Crippen molar-refractivity contribution in [2.75, 3.05) is 20.3 Å². The third-order valence-corrected chi connectivity index (χ3v) is 2.73. The Kier molecular flexibility index (Phi) is 4.04. The first-order valence-corrected chi connectivity index (χ1v) is 5.36. The number of carbonyl (C=O) groups excluding carboxylic acids is 2. The lowest BCUT2D eigenvalue weighted by Gasteiger charge is -2.38. The summed E-state index contributed by atoms with van der Waals surface area (Å²) in [5.74, 6) is -0.449. The van der Waals surface area contributed by atoms with Gasteiger partial charge in [0.15, 0.2) is 0 Å². The maximum Gasteiger partial charge on any atom is 0.230 e. The van der Waals surface area contributed by atoms with Crippen LogP contribution >= 0.6 is 0 Å². The number of hydrogen-bond acceptors (Lipinski definition) is 4. The monoisotopic (exact) mass is 229 g/mol. The van der Waals surface area contributed by atoms with Crippen molar-refractivity contribution >= 4 is 11.8 Å². The Morgan fingerprint density at radius 1 is 1.38 bits per heavy atom. The second-order valence-electron chi connectivity index (χ2n) is 4.97. The van der Waals surface area contributed by atoms with Gasteiger partial charge in [-0.2, -0.15) is 0 Å². The molecule has 1 rings (SSSR count). The molecular formula is C11H19NO4. The van der Waals surface area contributed by atoms with Crippen LogP contribution in [0.4, 0.5) is 0 Å². The van der Waals surface area contributed by atoms with E-state index in [-0.39, 0.29) is 30.4 Å². The first-order chi connectivity index (χ1) is 7.41. The van der Waals surface area contributed by atoms with Crippen molar-refractivity contribution in [3.8, 4) is 0 Å². The number of piperidine rings is 1. The summed E-state index contributed by atoms with van der Waals surface area (Å²) in [6.07, 6.45) is 0.665. The molecule has 1 fully saturated rings. The van der Waals surface area contributed by atoms with Gasteiger partial charge >= 0.3 is 0 Å². The van der Waals surface area contributed by atoms with Crippen molar-refractivity contribution < 1.29 is 19.4 Å². The second kappa shape index (κ2) is 4.93. The van der Waals surface area contributed by atoms with Crippen molar-refractivity contribution in [3.05, 3.63) is 0 Å². The first-order valence-electron chi connectivity index (χ1n) is 5.36. The van der Waals surface area contributed by atoms with Gasteiger partial charge in [-0.25, -0.2) is 0 Å². The lowest BCUT2D eigenvalue weighted by Crippen LogP contribution is -2.53. The van der Waals surface area contributed by atoms with Crippen LogP contribution in [-0.4, -0.2) is 48.2 Å². The number of rotatable bonds is 4. The normalized spacial score (nSPS) is 22.4. The van der Waals surface area contributed by atoms with E-state index in [4.69, 9.17) is 9.84 Å². The Morgan fingerprint density at radius 3 is 2.25 bits per heavy atom. The fourth-order valence-corrected chi connectivity index (χ4v) is 2.00. The molecule has 0 spiro atoms. The number of aliphatic hydroxyl groups is 1. The average molecular weight is 229 g/mol. The maximum absolute atomic E-state index is 11.8. The van der Waals surface area contributed by atoms with Gasteiger partial charge in [0.1, 0.15) is 0 Å². The van der Waals surface area contributed by atoms with Crippen LogP contribution in [0.3, 0.4) is 0 Å². The van der Waals surface area contributed by atoms with Gasteiger partial charge < -0.3 is 9.84 Å². The van der Waals surface area contributed by atoms with Crippen molar-refractivity contribution in [2.45, 2.75) is 32.7 Å². The molecule has 1 N–H and O–H groups in total. The van der Waals surface area contributed by atoms with Crippen LogP contribution < -0.4 is 0 Å². The zero-order valence-electron chi connectivity index (χ0n) is 10.0. The zero-order valence-corrected chi connectivity index (χ0v) is 10.0. The minimum atomic E-state index is -0.555. The number of ether oxygens (including phenoxy) is 1. The van der Waals surface area contributed by atoms with E-state index in [2.05, 4.69) is 0 Å². The predicted molar refractivity (Wildman–Crippen MR) is 57.6 cm³/mol. The molecule has 1 aliphatic heterocycles. The highest BCUT2D eigenvalue weighted by Crippen LogP contribution is 2.32. The minimum absolute atomic E-state index is 0.175. The Balaban J connectivity index is 2.80. The Bertz CT molecular complexity index is 268. The highest BCUT2D eigenvalue weighted by Gasteiger charge is 2.40. The largest absolute Gasteiger partial charge is 0.394 e. The fraction of sp³-hybridized carbons (Fsp3) is 0.818. The summed E-state index contributed by atoms with van der Waals surface area (Å²) in [7, 11) is 1.48. The summed E-state index contributed by atoms with van der Waals surface area (Å²) in [5, 5.41) is 9.15. The molecule has 2 amide bonds. The summed E-state index contributed by atoms with van der Waals surface area (Å²) in [4.78, 5) is 24.8. The minimum Gasteiger partial charge on any atom is -0.394 e. The first kappa shape index (κ1) is 13.1. The molecule has 0 aromatic carbocycles. The van der Waals surface area contributed by atoms with E-state index in [1.165, 1.54) is 7.11 Å². The van der Waals surface area contributed by atoms with Gasteiger partial charge in [-0.15, -0.1) is 0 Å². The van der Waals surface area contributed by atoms with Crippen molar-refractivity contribution in [3.63, 3.8) is 0 Å². The SMILES string of the molecule is COCC(CO)N1C(=O)CC(C)(C)CC1=O. The summed E-state index contributed by atoms with van der Waals surface area (Å²) in [6.45, 7) is 3.70. The van der Waals surface area contributed by atoms with E-state index in [0.717, 1.165) is 4.90 Å². The number of hydrogen-bond donors (Lipinski definition) is 1. The van der Waals surface area contributed by atoms with Crippen LogP contribution in [0.5, 0.6) is 0 Å². The van der Waals surface area contributed by atoms with Gasteiger partial charge in [0.05, 0.1) is 19.3 Å². The average Bonchev–Trinajstić information content (AvgIpc) is 2.13. The van der Waals surface area contributed by atoms with Gasteiger partial charge in [-0.05, 0) is 5.41 Å². The van der Waals surface area contributed by atoms with Crippen LogP contribution in [0.15, 0.2) is 0 Å². The third kappa shape index (κ3) is 2.80. The number of nitrogens with zero attached hydrogens (tertiary/aromatic N) is 1. The van der Waals surface area contributed by atoms with Gasteiger partial charge in [0.25, 0.3) is 0 Å². The molecule has 0 aromatic heterocycles. The molecule has 0 aromatic rings. The standard InChI is InChI=1S/C11H19NO4/c1-11(2)4-9(14)12(10(15)5-11)8(6-13)7-16-3/h8,13H,4-7H2,1-3H3. The quantitative estimate of drug-likeness (QED) is 0.698. The number of likely N-dealkylation sites (tertiary alicyclic amines) is 1. The molecule has 5 nitrogen and oxygen atoms in total. The Labute approximate surface area is 95.4 Å². The second-order valence-corrected chi connectivity index (χ2v) is 4.97. The van der Waals surface area contributed by atoms with Gasteiger partial charge in [0, 0.05) is 20.0 Å². The van der Waals surface area contributed by atoms with Crippen molar-refractivity contribution in [2.24, 2.45) is 5.41 Å². The topological polar surface area (TPSA) is 66.8 Å². The predicted octanol–water partition coefficient (Wildman–Crippen LogP) is 0.169. The van der Waals surface area contributed by atoms with E-state index in [1.807, 2.05) is 13.8 Å². The highest BCUT2D eigenvalue weighted by molar-refractivity contribution is 5.98. The molecule has 1 atom stereocenters. The molecule has 1 saturated heterocycles. The Hall–Kier alpha value is -0.940. The van der Waals surface area contributed by atoms with Gasteiger partial charge in [-0.3, -0.25) is 14.5 Å². The number of amides is 2. The summed E-state index contributed by atoms with van der Waals surface area (Å²) in [5.41, 5.74) is -0.280. The van der Waals surface area contributed by atoms with Crippen LogP contribution in [-0.2, 0) is 14.3 Å². The lowest BCUT2D eigenvalue weighted by atomic mass is 9.81. The smallest absolute Gasteiger partial charge is 0.230 e. The summed E-state index contributed by atoms with van der Waals surface area (Å²) < 4.78 is 4.89. The molecule has 5 heteroatoms. The number of carbonyl (C=O) groups is 2. The molecule has 1 heterocycles. The molecule has 0 bridgehead atoms. The lowest BCUT2D eigenvalue weighted by molar-refractivity contribution is -0.158. The number of aliphatic hydroxyl groups excluding tert-OH is 1. The summed E-state index contributed by atoms with van der Waals surface area (Å²) >= 11 is 0. The molecule has 1 aliphatic rings. The van der Waals surface area contributed by atoms with Crippen LogP contribution in [0.1, 0.15) is 26.7 Å². The van der Waals surface area contributed by atoms with E-state index in [0.29, 0.717) is 12.8 Å². The molecule has 0 aliphatic carbocycles. The molecule has 1 unspecified atom stereocenters. The summed E-state index contributed by atoms with van der Waals surface area (Å²) in [6, 6.07) is -0.555. The fourth-order valence-electron chi connectivity index (χ4n) is 2.00. The maximum atomic E-state index is 11.8. The van der Waals surface area contributed by atoms with Gasteiger partial charge in [0.2, 0.25) is 11.8 Å². The number of methoxy groups -OCH3 is 1. The molecule has 16 heavy (non-hydrogen) atoms. The highest BCUT2D eigenvalue weighted by atomic mass is 16.5. The van der Waals surface area contributed by atoms with E-state index in [9.17, 15) is 9.59 Å². The Morgan fingerprint density at radius 2 is 1.88 bits per heavy atom. The van der Waals surface area contributed by atoms with Crippen LogP contribution in [0.2, 0.25) is 0 Å². The van der Waals surface area contributed by atoms with E-state index in [1.54, 1.807) is 0 Å². The molecular weight excluding hydrogens is 210 g/mol. The van der Waals surface area contributed by atoms with Crippen LogP contribution in [0, 0.1) is 5.41 Å². The zero-order chi connectivity index (χ0) is 12.3. The molecule has 0 radical (unpaired) electrons. The third-order valence-electron chi connectivity index (χ3n) is 2.73. The molecule has 0 saturated carbocycles. The van der Waals surface area contributed by atoms with E-state index >= 15 is 0 Å². The van der Waals surface area contributed by atoms with Crippen LogP contribution in [0.25, 0.3) is 0 Å². The van der Waals surface area contributed by atoms with Crippen molar-refractivity contribution in [1.82, 2.24) is 4.90 Å². The molecule has 92 valence electrons. The van der Waals surface area contributed by atoms with Gasteiger partial charge in [-0.1, -0.05) is 13.8 Å². The number of imide groups is 1. The van der Waals surface area contributed by atoms with Crippen molar-refractivity contribution in [1.29, 1.82) is 0 Å². The van der Waals surface area contributed by atoms with E-state index < -0.39 is 6.04 Å².